The van der Waals surface area contributed by atoms with Crippen LogP contribution in [0.4, 0.5) is 0 Å². The summed E-state index contributed by atoms with van der Waals surface area (Å²) in [5.74, 6) is 0.187. The topological polar surface area (TPSA) is 38.3 Å². The summed E-state index contributed by atoms with van der Waals surface area (Å²) in [6, 6.07) is 8.75. The lowest BCUT2D eigenvalue weighted by atomic mass is 9.94. The molecular weight excluding hydrogens is 238 g/mol. The van der Waals surface area contributed by atoms with Crippen molar-refractivity contribution in [2.75, 3.05) is 19.8 Å². The third kappa shape index (κ3) is 4.15. The molecule has 0 spiro atoms. The van der Waals surface area contributed by atoms with E-state index in [1.165, 1.54) is 5.56 Å². The summed E-state index contributed by atoms with van der Waals surface area (Å²) in [6.45, 7) is 6.12. The van der Waals surface area contributed by atoms with Gasteiger partial charge < -0.3 is 10.1 Å². The van der Waals surface area contributed by atoms with Gasteiger partial charge >= 0.3 is 0 Å². The lowest BCUT2D eigenvalue weighted by Gasteiger charge is -2.25. The van der Waals surface area contributed by atoms with E-state index in [-0.39, 0.29) is 11.7 Å². The Hall–Kier alpha value is -1.19. The largest absolute Gasteiger partial charge is 0.381 e. The fourth-order valence-electron chi connectivity index (χ4n) is 2.48. The normalized spacial score (nSPS) is 18.2. The van der Waals surface area contributed by atoms with E-state index in [2.05, 4.69) is 36.5 Å². The quantitative estimate of drug-likeness (QED) is 0.884. The molecule has 1 saturated heterocycles. The molecular formula is C16H23NO2. The van der Waals surface area contributed by atoms with Crippen molar-refractivity contribution < 1.29 is 9.53 Å². The Balaban J connectivity index is 1.96. The van der Waals surface area contributed by atoms with Crippen LogP contribution in [0.15, 0.2) is 24.3 Å². The molecule has 19 heavy (non-hydrogen) atoms. The van der Waals surface area contributed by atoms with Gasteiger partial charge in [0.2, 0.25) is 0 Å². The maximum absolute atomic E-state index is 11.8. The Labute approximate surface area is 115 Å². The maximum Gasteiger partial charge on any atom is 0.138 e. The fourth-order valence-corrected chi connectivity index (χ4v) is 2.48. The van der Waals surface area contributed by atoms with Gasteiger partial charge in [-0.05, 0) is 32.3 Å². The van der Waals surface area contributed by atoms with Crippen molar-refractivity contribution in [1.29, 1.82) is 0 Å². The van der Waals surface area contributed by atoms with Gasteiger partial charge in [0.15, 0.2) is 0 Å². The van der Waals surface area contributed by atoms with Gasteiger partial charge in [-0.3, -0.25) is 4.79 Å². The first-order chi connectivity index (χ1) is 9.16. The van der Waals surface area contributed by atoms with Crippen molar-refractivity contribution in [3.05, 3.63) is 35.4 Å². The van der Waals surface area contributed by atoms with Crippen LogP contribution in [-0.2, 0) is 9.53 Å². The lowest BCUT2D eigenvalue weighted by molar-refractivity contribution is -0.118. The van der Waals surface area contributed by atoms with E-state index in [1.807, 2.05) is 0 Å². The zero-order valence-corrected chi connectivity index (χ0v) is 11.8. The Bertz CT molecular complexity index is 407. The number of nitrogens with one attached hydrogen (secondary N) is 1. The van der Waals surface area contributed by atoms with Gasteiger partial charge in [-0.25, -0.2) is 0 Å². The molecule has 0 amide bonds. The number of Topliss-reactive ketones (excluding diaryl/α,β-unsaturated/α-hetero) is 1. The summed E-state index contributed by atoms with van der Waals surface area (Å²) < 4.78 is 5.34. The number of ketones is 1. The molecule has 0 radical (unpaired) electrons. The molecule has 1 fully saturated rings. The third-order valence-electron chi connectivity index (χ3n) is 3.80. The van der Waals surface area contributed by atoms with Gasteiger partial charge in [0.25, 0.3) is 0 Å². The van der Waals surface area contributed by atoms with Crippen LogP contribution in [0.25, 0.3) is 0 Å². The van der Waals surface area contributed by atoms with Crippen molar-refractivity contribution in [1.82, 2.24) is 5.32 Å². The smallest absolute Gasteiger partial charge is 0.138 e. The highest BCUT2D eigenvalue weighted by atomic mass is 16.5. The minimum absolute atomic E-state index is 0.0385. The molecule has 104 valence electrons. The molecule has 1 aromatic carbocycles. The van der Waals surface area contributed by atoms with E-state index in [0.717, 1.165) is 38.2 Å². The first-order valence-electron chi connectivity index (χ1n) is 7.05. The maximum atomic E-state index is 11.8. The van der Waals surface area contributed by atoms with Gasteiger partial charge in [-0.1, -0.05) is 29.8 Å². The fraction of sp³-hybridized carbons (Fsp3) is 0.562. The highest BCUT2D eigenvalue weighted by Crippen LogP contribution is 2.18. The van der Waals surface area contributed by atoms with Crippen LogP contribution in [0.2, 0.25) is 0 Å². The molecule has 3 nitrogen and oxygen atoms in total. The second-order valence-corrected chi connectivity index (χ2v) is 5.37. The predicted octanol–water partition coefficient (Wildman–Crippen LogP) is 2.44. The van der Waals surface area contributed by atoms with E-state index < -0.39 is 0 Å². The van der Waals surface area contributed by atoms with E-state index in [9.17, 15) is 4.79 Å². The molecule has 0 unspecified atom stereocenters. The number of carbonyl (C=O) groups is 1. The zero-order chi connectivity index (χ0) is 13.7. The first-order valence-corrected chi connectivity index (χ1v) is 7.05. The minimum Gasteiger partial charge on any atom is -0.381 e. The summed E-state index contributed by atoms with van der Waals surface area (Å²) in [5.41, 5.74) is 2.33. The van der Waals surface area contributed by atoms with Gasteiger partial charge in [-0.2, -0.15) is 0 Å². The molecule has 2 rings (SSSR count). The second-order valence-electron chi connectivity index (χ2n) is 5.37. The molecule has 1 aromatic rings. The van der Waals surface area contributed by atoms with Crippen LogP contribution in [0, 0.1) is 6.92 Å². The Morgan fingerprint density at radius 2 is 1.95 bits per heavy atom. The third-order valence-corrected chi connectivity index (χ3v) is 3.80. The molecule has 3 heteroatoms. The standard InChI is InChI=1S/C16H23NO2/c1-12-3-5-14(6-4-12)16(13(2)18)11-17-15-7-9-19-10-8-15/h3-6,15-17H,7-11H2,1-2H3/t16-/m0/s1. The highest BCUT2D eigenvalue weighted by Gasteiger charge is 2.19. The zero-order valence-electron chi connectivity index (χ0n) is 11.8. The van der Waals surface area contributed by atoms with Crippen LogP contribution in [0.1, 0.15) is 36.8 Å². The second kappa shape index (κ2) is 6.83. The molecule has 0 aliphatic carbocycles. The molecule has 1 aliphatic heterocycles. The van der Waals surface area contributed by atoms with Gasteiger partial charge in [-0.15, -0.1) is 0 Å². The van der Waals surface area contributed by atoms with E-state index in [1.54, 1.807) is 6.92 Å². The Morgan fingerprint density at radius 1 is 1.32 bits per heavy atom. The summed E-state index contributed by atoms with van der Waals surface area (Å²) in [7, 11) is 0. The molecule has 1 N–H and O–H groups in total. The summed E-state index contributed by atoms with van der Waals surface area (Å²) in [6.07, 6.45) is 2.08. The van der Waals surface area contributed by atoms with E-state index in [0.29, 0.717) is 6.04 Å². The van der Waals surface area contributed by atoms with Crippen LogP contribution >= 0.6 is 0 Å². The first kappa shape index (κ1) is 14.2. The molecule has 0 saturated carbocycles. The summed E-state index contributed by atoms with van der Waals surface area (Å²) >= 11 is 0. The number of aryl methyl sites for hydroxylation is 1. The van der Waals surface area contributed by atoms with Crippen LogP contribution in [0.3, 0.4) is 0 Å². The summed E-state index contributed by atoms with van der Waals surface area (Å²) in [5, 5.41) is 3.52. The van der Waals surface area contributed by atoms with Gasteiger partial charge in [0.05, 0.1) is 5.92 Å². The van der Waals surface area contributed by atoms with Crippen molar-refractivity contribution in [2.24, 2.45) is 0 Å². The van der Waals surface area contributed by atoms with Crippen molar-refractivity contribution >= 4 is 5.78 Å². The Morgan fingerprint density at radius 3 is 2.53 bits per heavy atom. The lowest BCUT2D eigenvalue weighted by Crippen LogP contribution is -2.38. The van der Waals surface area contributed by atoms with Crippen LogP contribution < -0.4 is 5.32 Å². The average molecular weight is 261 g/mol. The number of carbonyl (C=O) groups excluding carboxylic acids is 1. The van der Waals surface area contributed by atoms with Crippen molar-refractivity contribution in [3.8, 4) is 0 Å². The van der Waals surface area contributed by atoms with Crippen LogP contribution in [-0.4, -0.2) is 31.6 Å². The average Bonchev–Trinajstić information content (AvgIpc) is 2.42. The number of ether oxygens (including phenoxy) is 1. The van der Waals surface area contributed by atoms with E-state index >= 15 is 0 Å². The number of hydrogen-bond donors (Lipinski definition) is 1. The monoisotopic (exact) mass is 261 g/mol. The predicted molar refractivity (Wildman–Crippen MR) is 76.4 cm³/mol. The van der Waals surface area contributed by atoms with E-state index in [4.69, 9.17) is 4.74 Å². The Kier molecular flexibility index (Phi) is 5.11. The molecule has 0 bridgehead atoms. The van der Waals surface area contributed by atoms with Crippen LogP contribution in [0.5, 0.6) is 0 Å². The van der Waals surface area contributed by atoms with Crippen molar-refractivity contribution in [3.63, 3.8) is 0 Å². The molecule has 1 heterocycles. The summed E-state index contributed by atoms with van der Waals surface area (Å²) in [4.78, 5) is 11.8. The molecule has 0 aromatic heterocycles. The molecule has 1 aliphatic rings. The number of hydrogen-bond acceptors (Lipinski definition) is 3. The minimum atomic E-state index is -0.0385. The van der Waals surface area contributed by atoms with Gasteiger partial charge in [0, 0.05) is 25.8 Å². The number of benzene rings is 1. The molecule has 1 atom stereocenters. The highest BCUT2D eigenvalue weighted by molar-refractivity contribution is 5.83. The van der Waals surface area contributed by atoms with Crippen molar-refractivity contribution in [2.45, 2.75) is 38.6 Å². The number of rotatable bonds is 5. The van der Waals surface area contributed by atoms with Gasteiger partial charge in [0.1, 0.15) is 5.78 Å². The SMILES string of the molecule is CC(=O)[C@H](CNC1CCOCC1)c1ccc(C)cc1.